The fraction of sp³-hybridized carbons (Fsp3) is 0.625. The Morgan fingerprint density at radius 2 is 1.97 bits per heavy atom. The van der Waals surface area contributed by atoms with Crippen LogP contribution in [0.25, 0.3) is 0 Å². The van der Waals surface area contributed by atoms with Crippen molar-refractivity contribution in [3.63, 3.8) is 0 Å². The number of carbonyl (C=O) groups is 2. The minimum atomic E-state index is -0.0315. The van der Waals surface area contributed by atoms with E-state index in [1.807, 2.05) is 16.7 Å². The van der Waals surface area contributed by atoms with Gasteiger partial charge >= 0.3 is 0 Å². The van der Waals surface area contributed by atoms with Crippen molar-refractivity contribution in [1.82, 2.24) is 25.1 Å². The molecule has 170 valence electrons. The highest BCUT2D eigenvalue weighted by Crippen LogP contribution is 2.34. The lowest BCUT2D eigenvalue weighted by atomic mass is 9.88. The molecule has 2 aromatic heterocycles. The fourth-order valence-electron chi connectivity index (χ4n) is 5.52. The summed E-state index contributed by atoms with van der Waals surface area (Å²) in [6.07, 6.45) is 10.9. The molecule has 3 aliphatic rings. The lowest BCUT2D eigenvalue weighted by Gasteiger charge is -2.35. The first-order valence-electron chi connectivity index (χ1n) is 12.1. The van der Waals surface area contributed by atoms with E-state index in [2.05, 4.69) is 10.2 Å². The van der Waals surface area contributed by atoms with Gasteiger partial charge in [0.05, 0.1) is 0 Å². The van der Waals surface area contributed by atoms with E-state index in [0.29, 0.717) is 24.6 Å². The number of fused-ring (bicyclic) bond motifs is 1. The van der Waals surface area contributed by atoms with Crippen molar-refractivity contribution in [3.05, 3.63) is 35.0 Å². The van der Waals surface area contributed by atoms with Gasteiger partial charge in [-0.05, 0) is 51.0 Å². The van der Waals surface area contributed by atoms with Crippen LogP contribution in [0.4, 0.5) is 5.82 Å². The van der Waals surface area contributed by atoms with Gasteiger partial charge in [-0.2, -0.15) is 5.10 Å². The molecule has 8 nitrogen and oxygen atoms in total. The highest BCUT2D eigenvalue weighted by atomic mass is 16.2. The summed E-state index contributed by atoms with van der Waals surface area (Å²) in [6.45, 7) is 4.13. The number of amides is 2. The Balaban J connectivity index is 1.40. The number of piperidine rings is 1. The van der Waals surface area contributed by atoms with Crippen LogP contribution in [0.3, 0.4) is 0 Å². The number of aromatic amines is 1. The number of rotatable bonds is 4. The topological polar surface area (TPSA) is 95.1 Å². The first-order chi connectivity index (χ1) is 15.6. The van der Waals surface area contributed by atoms with E-state index >= 15 is 0 Å². The summed E-state index contributed by atoms with van der Waals surface area (Å²) >= 11 is 0. The van der Waals surface area contributed by atoms with Crippen molar-refractivity contribution in [1.29, 1.82) is 0 Å². The summed E-state index contributed by atoms with van der Waals surface area (Å²) in [4.78, 5) is 39.4. The van der Waals surface area contributed by atoms with E-state index in [4.69, 9.17) is 9.97 Å². The molecular weight excluding hydrogens is 404 g/mol. The summed E-state index contributed by atoms with van der Waals surface area (Å²) in [7, 11) is 0. The van der Waals surface area contributed by atoms with Crippen LogP contribution in [0.15, 0.2) is 12.3 Å². The van der Waals surface area contributed by atoms with Crippen molar-refractivity contribution in [3.8, 4) is 0 Å². The van der Waals surface area contributed by atoms with Gasteiger partial charge in [-0.3, -0.25) is 19.6 Å². The monoisotopic (exact) mass is 436 g/mol. The van der Waals surface area contributed by atoms with Crippen molar-refractivity contribution < 1.29 is 9.59 Å². The standard InChI is InChI=1S/C24H32N6O2/c1-16-19-9-10-21(31)30(14-17-6-3-2-4-7-17)23(19)27-22(26-16)18-8-5-13-29(15-18)24(32)20-11-12-25-28-20/h11-12,17-18H,2-10,13-15H2,1H3,(H,25,28). The molecule has 0 spiro atoms. The molecule has 0 radical (unpaired) electrons. The fourth-order valence-corrected chi connectivity index (χ4v) is 5.52. The summed E-state index contributed by atoms with van der Waals surface area (Å²) in [6, 6.07) is 1.71. The number of likely N-dealkylation sites (tertiary alicyclic amines) is 1. The Kier molecular flexibility index (Phi) is 5.93. The minimum Gasteiger partial charge on any atom is -0.337 e. The van der Waals surface area contributed by atoms with Gasteiger partial charge in [-0.15, -0.1) is 0 Å². The zero-order valence-electron chi connectivity index (χ0n) is 18.8. The van der Waals surface area contributed by atoms with E-state index in [0.717, 1.165) is 55.3 Å². The predicted octanol–water partition coefficient (Wildman–Crippen LogP) is 3.39. The molecule has 2 aliphatic heterocycles. The average Bonchev–Trinajstić information content (AvgIpc) is 3.36. The summed E-state index contributed by atoms with van der Waals surface area (Å²) in [5.74, 6) is 2.39. The number of hydrogen-bond donors (Lipinski definition) is 1. The van der Waals surface area contributed by atoms with Crippen LogP contribution in [0, 0.1) is 12.8 Å². The van der Waals surface area contributed by atoms with Gasteiger partial charge in [0.2, 0.25) is 5.91 Å². The van der Waals surface area contributed by atoms with Crippen LogP contribution >= 0.6 is 0 Å². The van der Waals surface area contributed by atoms with E-state index < -0.39 is 0 Å². The molecule has 1 unspecified atom stereocenters. The molecule has 2 fully saturated rings. The number of H-pyrrole nitrogens is 1. The average molecular weight is 437 g/mol. The highest BCUT2D eigenvalue weighted by molar-refractivity contribution is 5.95. The molecule has 32 heavy (non-hydrogen) atoms. The van der Waals surface area contributed by atoms with E-state index in [1.54, 1.807) is 12.3 Å². The van der Waals surface area contributed by atoms with Crippen molar-refractivity contribution in [2.75, 3.05) is 24.5 Å². The summed E-state index contributed by atoms with van der Waals surface area (Å²) < 4.78 is 0. The number of anilines is 1. The number of aromatic nitrogens is 4. The Morgan fingerprint density at radius 1 is 1.12 bits per heavy atom. The molecule has 4 heterocycles. The third kappa shape index (κ3) is 4.14. The third-order valence-electron chi connectivity index (χ3n) is 7.33. The molecule has 0 aromatic carbocycles. The third-order valence-corrected chi connectivity index (χ3v) is 7.33. The second kappa shape index (κ2) is 9.00. The molecule has 8 heteroatoms. The quantitative estimate of drug-likeness (QED) is 0.793. The zero-order valence-corrected chi connectivity index (χ0v) is 18.8. The smallest absolute Gasteiger partial charge is 0.271 e. The Bertz CT molecular complexity index is 983. The Hall–Kier alpha value is -2.77. The van der Waals surface area contributed by atoms with Gasteiger partial charge in [0.15, 0.2) is 0 Å². The maximum atomic E-state index is 12.9. The molecule has 1 saturated heterocycles. The predicted molar refractivity (Wildman–Crippen MR) is 120 cm³/mol. The van der Waals surface area contributed by atoms with Crippen LogP contribution in [-0.4, -0.2) is 56.5 Å². The number of nitrogens with zero attached hydrogens (tertiary/aromatic N) is 5. The molecule has 2 aromatic rings. The van der Waals surface area contributed by atoms with Crippen molar-refractivity contribution >= 4 is 17.6 Å². The second-order valence-electron chi connectivity index (χ2n) is 9.54. The molecule has 0 bridgehead atoms. The lowest BCUT2D eigenvalue weighted by molar-refractivity contribution is -0.119. The molecule has 1 saturated carbocycles. The van der Waals surface area contributed by atoms with Crippen LogP contribution < -0.4 is 4.90 Å². The summed E-state index contributed by atoms with van der Waals surface area (Å²) in [5, 5.41) is 6.68. The first-order valence-corrected chi connectivity index (χ1v) is 12.1. The van der Waals surface area contributed by atoms with E-state index in [9.17, 15) is 9.59 Å². The second-order valence-corrected chi connectivity index (χ2v) is 9.54. The number of hydrogen-bond acceptors (Lipinski definition) is 5. The maximum Gasteiger partial charge on any atom is 0.271 e. The van der Waals surface area contributed by atoms with Crippen LogP contribution in [0.1, 0.15) is 84.9 Å². The lowest BCUT2D eigenvalue weighted by Crippen LogP contribution is -2.42. The van der Waals surface area contributed by atoms with Gasteiger partial charge in [-0.25, -0.2) is 9.97 Å². The SMILES string of the molecule is Cc1nc(C2CCCN(C(=O)c3ccn[nH]3)C2)nc2c1CCC(=O)N2CC1CCCCC1. The molecule has 1 atom stereocenters. The minimum absolute atomic E-state index is 0.0315. The molecule has 2 amide bonds. The normalized spacial score (nSPS) is 22.2. The number of carbonyl (C=O) groups excluding carboxylic acids is 2. The molecule has 1 aliphatic carbocycles. The Labute approximate surface area is 188 Å². The van der Waals surface area contributed by atoms with Gasteiger partial charge in [0.25, 0.3) is 5.91 Å². The van der Waals surface area contributed by atoms with Gasteiger partial charge in [-0.1, -0.05) is 19.3 Å². The Morgan fingerprint density at radius 3 is 2.75 bits per heavy atom. The molecule has 1 N–H and O–H groups in total. The van der Waals surface area contributed by atoms with Crippen LogP contribution in [0.5, 0.6) is 0 Å². The van der Waals surface area contributed by atoms with Crippen molar-refractivity contribution in [2.45, 2.75) is 70.6 Å². The van der Waals surface area contributed by atoms with Gasteiger partial charge in [0, 0.05) is 49.4 Å². The van der Waals surface area contributed by atoms with Crippen LogP contribution in [-0.2, 0) is 11.2 Å². The highest BCUT2D eigenvalue weighted by Gasteiger charge is 2.33. The molecular formula is C24H32N6O2. The number of nitrogens with one attached hydrogen (secondary N) is 1. The largest absolute Gasteiger partial charge is 0.337 e. The summed E-state index contributed by atoms with van der Waals surface area (Å²) in [5.41, 5.74) is 2.60. The zero-order chi connectivity index (χ0) is 22.1. The van der Waals surface area contributed by atoms with Crippen LogP contribution in [0.2, 0.25) is 0 Å². The van der Waals surface area contributed by atoms with E-state index in [-0.39, 0.29) is 17.7 Å². The van der Waals surface area contributed by atoms with Crippen molar-refractivity contribution in [2.24, 2.45) is 5.92 Å². The van der Waals surface area contributed by atoms with Gasteiger partial charge in [0.1, 0.15) is 17.3 Å². The van der Waals surface area contributed by atoms with Gasteiger partial charge < -0.3 is 4.90 Å². The number of aryl methyl sites for hydroxylation is 1. The molecule has 5 rings (SSSR count). The maximum absolute atomic E-state index is 12.9. The van der Waals surface area contributed by atoms with E-state index in [1.165, 1.54) is 32.1 Å². The first kappa shape index (κ1) is 21.1.